The van der Waals surface area contributed by atoms with Gasteiger partial charge in [-0.25, -0.2) is 9.59 Å². The molecule has 0 spiro atoms. The molecule has 2 heterocycles. The summed E-state index contributed by atoms with van der Waals surface area (Å²) >= 11 is 0. The molecule has 3 aromatic rings. The minimum atomic E-state index is -2.00. The molecule has 0 amide bonds. The number of fused-ring (bicyclic) bond motifs is 1. The third-order valence-electron chi connectivity index (χ3n) is 5.89. The number of aryl methyl sites for hydroxylation is 1. The fourth-order valence-electron chi connectivity index (χ4n) is 4.21. The van der Waals surface area contributed by atoms with Gasteiger partial charge >= 0.3 is 11.9 Å². The first-order chi connectivity index (χ1) is 17.4. The average Bonchev–Trinajstić information content (AvgIpc) is 3.18. The zero-order chi connectivity index (χ0) is 27.3. The summed E-state index contributed by atoms with van der Waals surface area (Å²) in [5.41, 5.74) is 1.55. The van der Waals surface area contributed by atoms with Gasteiger partial charge in [-0.15, -0.1) is 0 Å². The van der Waals surface area contributed by atoms with Gasteiger partial charge in [0.05, 0.1) is 5.69 Å². The highest BCUT2D eigenvalue weighted by Crippen LogP contribution is 2.29. The predicted molar refractivity (Wildman–Crippen MR) is 143 cm³/mol. The number of aromatic nitrogens is 2. The summed E-state index contributed by atoms with van der Waals surface area (Å²) in [7, 11) is 0. The van der Waals surface area contributed by atoms with Gasteiger partial charge in [-0.1, -0.05) is 31.0 Å². The number of hydrogen-bond donors (Lipinski definition) is 2. The van der Waals surface area contributed by atoms with Crippen LogP contribution in [-0.2, 0) is 25.6 Å². The number of unbranched alkanes of at least 4 members (excludes halogenated alkanes) is 2. The van der Waals surface area contributed by atoms with Gasteiger partial charge in [0.15, 0.2) is 0 Å². The Labute approximate surface area is 218 Å². The number of hydroxylamine groups is 1. The lowest BCUT2D eigenvalue weighted by Gasteiger charge is -2.33. The van der Waals surface area contributed by atoms with E-state index in [1.54, 1.807) is 47.7 Å². The second-order valence-corrected chi connectivity index (χ2v) is 11.3. The van der Waals surface area contributed by atoms with E-state index in [0.717, 1.165) is 35.1 Å². The van der Waals surface area contributed by atoms with Crippen LogP contribution >= 0.6 is 0 Å². The number of hydrogen-bond acceptors (Lipinski definition) is 7. The number of nitrogens with zero attached hydrogens (tertiary/aromatic N) is 2. The third-order valence-corrected chi connectivity index (χ3v) is 5.89. The van der Waals surface area contributed by atoms with Gasteiger partial charge in [0.25, 0.3) is 0 Å². The Morgan fingerprint density at radius 3 is 2.14 bits per heavy atom. The van der Waals surface area contributed by atoms with Crippen LogP contribution in [-0.4, -0.2) is 43.4 Å². The van der Waals surface area contributed by atoms with Crippen molar-refractivity contribution >= 4 is 22.8 Å². The van der Waals surface area contributed by atoms with Crippen LogP contribution in [0.15, 0.2) is 54.9 Å². The number of nitrogens with one attached hydrogen (secondary N) is 1. The predicted octanol–water partition coefficient (Wildman–Crippen LogP) is 5.66. The molecule has 0 atom stereocenters. The molecule has 0 fully saturated rings. The molecule has 0 bridgehead atoms. The lowest BCUT2D eigenvalue weighted by molar-refractivity contribution is -0.186. The molecule has 2 aromatic heterocycles. The van der Waals surface area contributed by atoms with Gasteiger partial charge in [-0.05, 0) is 78.6 Å². The minimum absolute atomic E-state index is 0.0369. The number of rotatable bonds is 10. The second-order valence-electron chi connectivity index (χ2n) is 11.3. The Bertz CT molecular complexity index is 1180. The van der Waals surface area contributed by atoms with Gasteiger partial charge in [0.2, 0.25) is 5.54 Å². The molecule has 0 aliphatic rings. The zero-order valence-electron chi connectivity index (χ0n) is 22.7. The molecule has 8 heteroatoms. The smallest absolute Gasteiger partial charge is 0.340 e. The van der Waals surface area contributed by atoms with Crippen molar-refractivity contribution in [3.63, 3.8) is 0 Å². The average molecular weight is 510 g/mol. The van der Waals surface area contributed by atoms with Crippen LogP contribution in [0.25, 0.3) is 22.2 Å². The Kier molecular flexibility index (Phi) is 8.76. The largest absolute Gasteiger partial charge is 0.458 e. The minimum Gasteiger partial charge on any atom is -0.458 e. The van der Waals surface area contributed by atoms with E-state index in [1.807, 2.05) is 35.9 Å². The van der Waals surface area contributed by atoms with Crippen molar-refractivity contribution < 1.29 is 24.3 Å². The molecule has 2 N–H and O–H groups in total. The van der Waals surface area contributed by atoms with Gasteiger partial charge in [-0.3, -0.25) is 4.98 Å². The first-order valence-corrected chi connectivity index (χ1v) is 12.7. The van der Waals surface area contributed by atoms with Crippen molar-refractivity contribution in [1.29, 1.82) is 0 Å². The molecule has 0 unspecified atom stereocenters. The number of para-hydroxylation sites is 1. The Morgan fingerprint density at radius 1 is 0.919 bits per heavy atom. The number of pyridine rings is 1. The maximum Gasteiger partial charge on any atom is 0.340 e. The van der Waals surface area contributed by atoms with Gasteiger partial charge in [-0.2, -0.15) is 5.48 Å². The van der Waals surface area contributed by atoms with Crippen molar-refractivity contribution in [1.82, 2.24) is 15.0 Å². The van der Waals surface area contributed by atoms with E-state index in [-0.39, 0.29) is 6.42 Å². The molecular weight excluding hydrogens is 470 g/mol. The van der Waals surface area contributed by atoms with E-state index >= 15 is 0 Å². The van der Waals surface area contributed by atoms with E-state index in [0.29, 0.717) is 12.8 Å². The maximum atomic E-state index is 13.1. The summed E-state index contributed by atoms with van der Waals surface area (Å²) < 4.78 is 13.2. The fourth-order valence-corrected chi connectivity index (χ4v) is 4.21. The highest BCUT2D eigenvalue weighted by atomic mass is 16.6. The van der Waals surface area contributed by atoms with Crippen molar-refractivity contribution in [2.75, 3.05) is 0 Å². The van der Waals surface area contributed by atoms with Crippen LogP contribution in [0.1, 0.15) is 67.2 Å². The van der Waals surface area contributed by atoms with Gasteiger partial charge in [0.1, 0.15) is 11.2 Å². The molecule has 0 radical (unpaired) electrons. The van der Waals surface area contributed by atoms with Crippen molar-refractivity contribution in [3.8, 4) is 11.3 Å². The Hall–Kier alpha value is -3.23. The standard InChI is InChI=1S/C29H39N3O5/c1-27(2,3)36-25(33)29(31-35,26(34)37-28(4,5)6)16-10-7-11-18-32-23-15-9-8-13-21(23)19-24(32)22-14-12-17-30-20-22/h8-9,12-15,17,19-20,31,35H,7,10-11,16,18H2,1-6H3. The Balaban J connectivity index is 1.74. The lowest BCUT2D eigenvalue weighted by Crippen LogP contribution is -2.60. The highest BCUT2D eigenvalue weighted by Gasteiger charge is 2.51. The van der Waals surface area contributed by atoms with E-state index in [2.05, 4.69) is 27.8 Å². The molecule has 1 aromatic carbocycles. The SMILES string of the molecule is CC(C)(C)OC(=O)C(CCCCCn1c(-c2cccnc2)cc2ccccc21)(NO)C(=O)OC(C)(C)C. The number of benzene rings is 1. The summed E-state index contributed by atoms with van der Waals surface area (Å²) in [5, 5.41) is 11.2. The summed E-state index contributed by atoms with van der Waals surface area (Å²) in [4.78, 5) is 30.4. The fraction of sp³-hybridized carbons (Fsp3) is 0.483. The summed E-state index contributed by atoms with van der Waals surface area (Å²) in [6.07, 6.45) is 5.66. The highest BCUT2D eigenvalue weighted by molar-refractivity contribution is 6.05. The summed E-state index contributed by atoms with van der Waals surface area (Å²) in [5.74, 6) is -1.71. The number of carbonyl (C=O) groups is 2. The first kappa shape index (κ1) is 28.3. The zero-order valence-corrected chi connectivity index (χ0v) is 22.7. The van der Waals surface area contributed by atoms with Crippen LogP contribution < -0.4 is 5.48 Å². The number of ether oxygens (including phenoxy) is 2. The second kappa shape index (κ2) is 11.4. The van der Waals surface area contributed by atoms with Gasteiger partial charge < -0.3 is 19.2 Å². The molecule has 8 nitrogen and oxygen atoms in total. The summed E-state index contributed by atoms with van der Waals surface area (Å²) in [6.45, 7) is 11.0. The molecule has 200 valence electrons. The molecule has 37 heavy (non-hydrogen) atoms. The quantitative estimate of drug-likeness (QED) is 0.157. The van der Waals surface area contributed by atoms with Crippen LogP contribution in [0.2, 0.25) is 0 Å². The van der Waals surface area contributed by atoms with Crippen molar-refractivity contribution in [3.05, 3.63) is 54.9 Å². The molecule has 0 saturated carbocycles. The van der Waals surface area contributed by atoms with Crippen molar-refractivity contribution in [2.24, 2.45) is 0 Å². The Morgan fingerprint density at radius 2 is 1.57 bits per heavy atom. The molecule has 3 rings (SSSR count). The molecule has 0 aliphatic carbocycles. The van der Waals surface area contributed by atoms with Crippen LogP contribution in [0.5, 0.6) is 0 Å². The first-order valence-electron chi connectivity index (χ1n) is 12.7. The number of esters is 2. The van der Waals surface area contributed by atoms with Crippen molar-refractivity contribution in [2.45, 2.75) is 90.5 Å². The van der Waals surface area contributed by atoms with Gasteiger partial charge in [0, 0.05) is 35.4 Å². The maximum absolute atomic E-state index is 13.1. The van der Waals surface area contributed by atoms with Crippen LogP contribution in [0.4, 0.5) is 0 Å². The summed E-state index contributed by atoms with van der Waals surface area (Å²) in [6, 6.07) is 14.4. The topological polar surface area (TPSA) is 103 Å². The monoisotopic (exact) mass is 509 g/mol. The van der Waals surface area contributed by atoms with E-state index in [9.17, 15) is 14.8 Å². The van der Waals surface area contributed by atoms with Crippen LogP contribution in [0, 0.1) is 0 Å². The molecular formula is C29H39N3O5. The van der Waals surface area contributed by atoms with E-state index in [4.69, 9.17) is 9.47 Å². The molecule has 0 aliphatic heterocycles. The molecule has 0 saturated heterocycles. The van der Waals surface area contributed by atoms with Crippen LogP contribution in [0.3, 0.4) is 0 Å². The van der Waals surface area contributed by atoms with E-state index in [1.165, 1.54) is 0 Å². The van der Waals surface area contributed by atoms with E-state index < -0.39 is 28.7 Å². The number of carbonyl (C=O) groups excluding carboxylic acids is 2. The normalized spacial score (nSPS) is 12.5. The third kappa shape index (κ3) is 7.17. The lowest BCUT2D eigenvalue weighted by atomic mass is 9.92.